The smallest absolute Gasteiger partial charge is 0.125 e. The Bertz CT molecular complexity index is 626. The maximum absolute atomic E-state index is 13.2. The maximum Gasteiger partial charge on any atom is 0.125 e. The van der Waals surface area contributed by atoms with Crippen molar-refractivity contribution in [2.24, 2.45) is 0 Å². The molecule has 0 saturated carbocycles. The molecular formula is C14H10Br2Cl2FN. The van der Waals surface area contributed by atoms with Gasteiger partial charge in [0.1, 0.15) is 5.82 Å². The molecule has 1 atom stereocenters. The molecule has 1 nitrogen and oxygen atoms in total. The molecule has 2 rings (SSSR count). The van der Waals surface area contributed by atoms with Crippen molar-refractivity contribution in [1.29, 1.82) is 0 Å². The fraction of sp³-hybridized carbons (Fsp3) is 0.143. The molecular weight excluding hydrogens is 432 g/mol. The highest BCUT2D eigenvalue weighted by Crippen LogP contribution is 2.36. The van der Waals surface area contributed by atoms with Gasteiger partial charge in [-0.25, -0.2) is 4.39 Å². The van der Waals surface area contributed by atoms with E-state index in [2.05, 4.69) is 37.2 Å². The van der Waals surface area contributed by atoms with E-state index in [0.717, 1.165) is 10.0 Å². The van der Waals surface area contributed by atoms with Crippen LogP contribution in [0.25, 0.3) is 0 Å². The van der Waals surface area contributed by atoms with Crippen molar-refractivity contribution in [3.63, 3.8) is 0 Å². The zero-order chi connectivity index (χ0) is 14.9. The number of halogens is 5. The van der Waals surface area contributed by atoms with Crippen molar-refractivity contribution in [2.45, 2.75) is 13.0 Å². The van der Waals surface area contributed by atoms with E-state index in [4.69, 9.17) is 23.2 Å². The lowest BCUT2D eigenvalue weighted by atomic mass is 10.1. The maximum atomic E-state index is 13.2. The van der Waals surface area contributed by atoms with Crippen LogP contribution in [0.1, 0.15) is 18.5 Å². The van der Waals surface area contributed by atoms with Crippen molar-refractivity contribution in [1.82, 2.24) is 0 Å². The molecule has 6 heteroatoms. The molecule has 1 unspecified atom stereocenters. The molecule has 0 aliphatic heterocycles. The number of nitrogens with one attached hydrogen (secondary N) is 1. The highest BCUT2D eigenvalue weighted by Gasteiger charge is 2.14. The topological polar surface area (TPSA) is 12.0 Å². The molecule has 1 N–H and O–H groups in total. The number of rotatable bonds is 3. The molecule has 0 saturated heterocycles. The molecule has 0 bridgehead atoms. The van der Waals surface area contributed by atoms with Gasteiger partial charge >= 0.3 is 0 Å². The fourth-order valence-electron chi connectivity index (χ4n) is 1.83. The van der Waals surface area contributed by atoms with E-state index in [1.807, 2.05) is 25.1 Å². The molecule has 0 aliphatic rings. The summed E-state index contributed by atoms with van der Waals surface area (Å²) < 4.78 is 14.7. The zero-order valence-electron chi connectivity index (χ0n) is 10.4. The predicted octanol–water partition coefficient (Wildman–Crippen LogP) is 6.83. The SMILES string of the molecule is CC(Nc1c(Cl)cc(F)cc1Br)c1ccc(Br)cc1Cl. The normalized spacial score (nSPS) is 12.3. The minimum Gasteiger partial charge on any atom is -0.376 e. The number of benzene rings is 2. The highest BCUT2D eigenvalue weighted by molar-refractivity contribution is 9.10. The Morgan fingerprint density at radius 2 is 1.80 bits per heavy atom. The van der Waals surface area contributed by atoms with Crippen LogP contribution in [0, 0.1) is 5.82 Å². The molecule has 0 heterocycles. The van der Waals surface area contributed by atoms with Crippen molar-refractivity contribution in [2.75, 3.05) is 5.32 Å². The Morgan fingerprint density at radius 3 is 2.40 bits per heavy atom. The number of anilines is 1. The van der Waals surface area contributed by atoms with Gasteiger partial charge in [-0.05, 0) is 52.7 Å². The van der Waals surface area contributed by atoms with E-state index in [1.165, 1.54) is 12.1 Å². The van der Waals surface area contributed by atoms with Crippen LogP contribution in [0.3, 0.4) is 0 Å². The third kappa shape index (κ3) is 3.67. The van der Waals surface area contributed by atoms with E-state index in [-0.39, 0.29) is 11.9 Å². The van der Waals surface area contributed by atoms with E-state index in [1.54, 1.807) is 0 Å². The van der Waals surface area contributed by atoms with Crippen LogP contribution < -0.4 is 5.32 Å². The number of hydrogen-bond donors (Lipinski definition) is 1. The van der Waals surface area contributed by atoms with Crippen LogP contribution in [-0.2, 0) is 0 Å². The molecule has 2 aromatic carbocycles. The first kappa shape index (κ1) is 16.1. The van der Waals surface area contributed by atoms with Crippen molar-refractivity contribution < 1.29 is 4.39 Å². The minimum atomic E-state index is -0.387. The van der Waals surface area contributed by atoms with Gasteiger partial charge in [0.2, 0.25) is 0 Å². The van der Waals surface area contributed by atoms with Crippen molar-refractivity contribution >= 4 is 60.7 Å². The van der Waals surface area contributed by atoms with E-state index >= 15 is 0 Å². The van der Waals surface area contributed by atoms with Gasteiger partial charge in [-0.1, -0.05) is 45.2 Å². The second-order valence-electron chi connectivity index (χ2n) is 4.28. The molecule has 2 aromatic rings. The lowest BCUT2D eigenvalue weighted by Gasteiger charge is -2.19. The Labute approximate surface area is 143 Å². The summed E-state index contributed by atoms with van der Waals surface area (Å²) in [6.07, 6.45) is 0. The molecule has 106 valence electrons. The molecule has 0 radical (unpaired) electrons. The Hall–Kier alpha value is -0.290. The van der Waals surface area contributed by atoms with Gasteiger partial charge in [0.25, 0.3) is 0 Å². The quantitative estimate of drug-likeness (QED) is 0.550. The molecule has 0 aliphatic carbocycles. The van der Waals surface area contributed by atoms with Crippen molar-refractivity contribution in [3.05, 3.63) is 60.7 Å². The average Bonchev–Trinajstić information content (AvgIpc) is 2.33. The van der Waals surface area contributed by atoms with Gasteiger partial charge in [0.15, 0.2) is 0 Å². The van der Waals surface area contributed by atoms with Crippen LogP contribution in [0.5, 0.6) is 0 Å². The summed E-state index contributed by atoms with van der Waals surface area (Å²) >= 11 is 18.9. The van der Waals surface area contributed by atoms with E-state index in [0.29, 0.717) is 20.2 Å². The molecule has 20 heavy (non-hydrogen) atoms. The van der Waals surface area contributed by atoms with Crippen LogP contribution in [0.4, 0.5) is 10.1 Å². The summed E-state index contributed by atoms with van der Waals surface area (Å²) in [6.45, 7) is 1.96. The van der Waals surface area contributed by atoms with Gasteiger partial charge in [0, 0.05) is 14.0 Å². The monoisotopic (exact) mass is 439 g/mol. The second kappa shape index (κ2) is 6.65. The van der Waals surface area contributed by atoms with Crippen molar-refractivity contribution in [3.8, 4) is 0 Å². The summed E-state index contributed by atoms with van der Waals surface area (Å²) in [5.41, 5.74) is 1.57. The fourth-order valence-corrected chi connectivity index (χ4v) is 3.59. The first-order chi connectivity index (χ1) is 9.38. The predicted molar refractivity (Wildman–Crippen MR) is 90.3 cm³/mol. The Balaban J connectivity index is 2.30. The average molecular weight is 442 g/mol. The zero-order valence-corrected chi connectivity index (χ0v) is 15.0. The highest BCUT2D eigenvalue weighted by atomic mass is 79.9. The number of hydrogen-bond acceptors (Lipinski definition) is 1. The lowest BCUT2D eigenvalue weighted by molar-refractivity contribution is 0.627. The molecule has 0 aromatic heterocycles. The largest absolute Gasteiger partial charge is 0.376 e. The standard InChI is InChI=1S/C14H10Br2Cl2FN/c1-7(10-3-2-8(15)4-12(10)17)20-14-11(16)5-9(19)6-13(14)18/h2-7,20H,1H3. The van der Waals surface area contributed by atoms with Crippen LogP contribution in [-0.4, -0.2) is 0 Å². The van der Waals surface area contributed by atoms with Gasteiger partial charge < -0.3 is 5.32 Å². The van der Waals surface area contributed by atoms with E-state index < -0.39 is 0 Å². The molecule has 0 spiro atoms. The summed E-state index contributed by atoms with van der Waals surface area (Å²) in [7, 11) is 0. The summed E-state index contributed by atoms with van der Waals surface area (Å²) in [4.78, 5) is 0. The molecule has 0 fully saturated rings. The Kier molecular flexibility index (Phi) is 5.35. The first-order valence-corrected chi connectivity index (χ1v) is 8.08. The third-order valence-corrected chi connectivity index (χ3v) is 4.54. The third-order valence-electron chi connectivity index (χ3n) is 2.80. The van der Waals surface area contributed by atoms with Gasteiger partial charge in [-0.15, -0.1) is 0 Å². The second-order valence-corrected chi connectivity index (χ2v) is 6.86. The lowest BCUT2D eigenvalue weighted by Crippen LogP contribution is -2.08. The summed E-state index contributed by atoms with van der Waals surface area (Å²) in [5, 5.41) is 4.20. The summed E-state index contributed by atoms with van der Waals surface area (Å²) in [6, 6.07) is 8.23. The summed E-state index contributed by atoms with van der Waals surface area (Å²) in [5.74, 6) is -0.387. The van der Waals surface area contributed by atoms with Gasteiger partial charge in [-0.3, -0.25) is 0 Å². The van der Waals surface area contributed by atoms with Crippen LogP contribution in [0.15, 0.2) is 39.3 Å². The van der Waals surface area contributed by atoms with Gasteiger partial charge in [0.05, 0.1) is 16.8 Å². The minimum absolute atomic E-state index is 0.0742. The van der Waals surface area contributed by atoms with Crippen LogP contribution in [0.2, 0.25) is 10.0 Å². The first-order valence-electron chi connectivity index (χ1n) is 5.74. The van der Waals surface area contributed by atoms with Gasteiger partial charge in [-0.2, -0.15) is 0 Å². The van der Waals surface area contributed by atoms with E-state index in [9.17, 15) is 4.39 Å². The molecule has 0 amide bonds. The van der Waals surface area contributed by atoms with Crippen LogP contribution >= 0.6 is 55.1 Å². The Morgan fingerprint density at radius 1 is 1.10 bits per heavy atom.